The van der Waals surface area contributed by atoms with E-state index >= 15 is 0 Å². The summed E-state index contributed by atoms with van der Waals surface area (Å²) in [5, 5.41) is 0. The van der Waals surface area contributed by atoms with Crippen LogP contribution < -0.4 is 5.73 Å². The van der Waals surface area contributed by atoms with Gasteiger partial charge in [0.1, 0.15) is 0 Å². The van der Waals surface area contributed by atoms with Gasteiger partial charge in [0.25, 0.3) is 5.91 Å². The fraction of sp³-hybridized carbons (Fsp3) is 0.278. The van der Waals surface area contributed by atoms with E-state index in [1.165, 1.54) is 5.56 Å². The molecule has 1 aliphatic heterocycles. The van der Waals surface area contributed by atoms with Gasteiger partial charge in [0.15, 0.2) is 0 Å². The van der Waals surface area contributed by atoms with Crippen molar-refractivity contribution in [3.8, 4) is 0 Å². The van der Waals surface area contributed by atoms with Gasteiger partial charge in [-0.25, -0.2) is 0 Å². The van der Waals surface area contributed by atoms with E-state index in [1.54, 1.807) is 12.1 Å². The van der Waals surface area contributed by atoms with Crippen LogP contribution in [0.5, 0.6) is 0 Å². The molecular formula is C18H20BrN3O. The molecule has 0 saturated carbocycles. The standard InChI is InChI=1S/C18H20BrN3O/c19-15-6-7-16(17(20)12-15)18(23)22-10-8-21(9-11-22)13-14-4-2-1-3-5-14/h1-7,12H,8-11,13,20H2. The molecule has 1 heterocycles. The Morgan fingerprint density at radius 1 is 1.04 bits per heavy atom. The van der Waals surface area contributed by atoms with Crippen molar-refractivity contribution in [2.45, 2.75) is 6.54 Å². The number of nitrogen functional groups attached to an aromatic ring is 1. The first kappa shape index (κ1) is 16.0. The summed E-state index contributed by atoms with van der Waals surface area (Å²) < 4.78 is 0.888. The quantitative estimate of drug-likeness (QED) is 0.841. The van der Waals surface area contributed by atoms with Gasteiger partial charge in [0, 0.05) is 42.9 Å². The molecule has 23 heavy (non-hydrogen) atoms. The molecule has 0 bridgehead atoms. The van der Waals surface area contributed by atoms with Gasteiger partial charge >= 0.3 is 0 Å². The third kappa shape index (κ3) is 3.92. The SMILES string of the molecule is Nc1cc(Br)ccc1C(=O)N1CCN(Cc2ccccc2)CC1. The summed E-state index contributed by atoms with van der Waals surface area (Å²) in [6.45, 7) is 4.18. The molecule has 1 saturated heterocycles. The molecule has 1 fully saturated rings. The Bertz CT molecular complexity index is 682. The lowest BCUT2D eigenvalue weighted by Crippen LogP contribution is -2.48. The van der Waals surface area contributed by atoms with E-state index in [4.69, 9.17) is 5.73 Å². The molecule has 120 valence electrons. The fourth-order valence-corrected chi connectivity index (χ4v) is 3.23. The molecule has 2 N–H and O–H groups in total. The van der Waals surface area contributed by atoms with Gasteiger partial charge < -0.3 is 10.6 Å². The molecular weight excluding hydrogens is 354 g/mol. The minimum absolute atomic E-state index is 0.0226. The largest absolute Gasteiger partial charge is 0.398 e. The Balaban J connectivity index is 1.59. The number of benzene rings is 2. The van der Waals surface area contributed by atoms with Crippen molar-refractivity contribution in [1.29, 1.82) is 0 Å². The second kappa shape index (κ2) is 7.15. The zero-order valence-electron chi connectivity index (χ0n) is 12.9. The number of carbonyl (C=O) groups excluding carboxylic acids is 1. The van der Waals surface area contributed by atoms with Crippen molar-refractivity contribution in [1.82, 2.24) is 9.80 Å². The van der Waals surface area contributed by atoms with Crippen LogP contribution in [0.1, 0.15) is 15.9 Å². The Kier molecular flexibility index (Phi) is 4.98. The van der Waals surface area contributed by atoms with Gasteiger partial charge in [-0.2, -0.15) is 0 Å². The Labute approximate surface area is 145 Å². The topological polar surface area (TPSA) is 49.6 Å². The van der Waals surface area contributed by atoms with Gasteiger partial charge in [-0.3, -0.25) is 9.69 Å². The summed E-state index contributed by atoms with van der Waals surface area (Å²) in [5.41, 5.74) is 8.39. The van der Waals surface area contributed by atoms with E-state index in [0.717, 1.165) is 37.2 Å². The van der Waals surface area contributed by atoms with Crippen molar-refractivity contribution in [2.75, 3.05) is 31.9 Å². The molecule has 0 radical (unpaired) electrons. The molecule has 2 aromatic rings. The zero-order chi connectivity index (χ0) is 16.2. The van der Waals surface area contributed by atoms with Gasteiger partial charge in [0.2, 0.25) is 0 Å². The van der Waals surface area contributed by atoms with Crippen LogP contribution >= 0.6 is 15.9 Å². The number of anilines is 1. The third-order valence-electron chi connectivity index (χ3n) is 4.15. The molecule has 2 aromatic carbocycles. The van der Waals surface area contributed by atoms with Gasteiger partial charge in [-0.1, -0.05) is 46.3 Å². The maximum absolute atomic E-state index is 12.6. The molecule has 4 nitrogen and oxygen atoms in total. The number of piperazine rings is 1. The summed E-state index contributed by atoms with van der Waals surface area (Å²) in [5.74, 6) is 0.0226. The molecule has 0 unspecified atom stereocenters. The lowest BCUT2D eigenvalue weighted by molar-refractivity contribution is 0.0629. The molecule has 0 aliphatic carbocycles. The average Bonchev–Trinajstić information content (AvgIpc) is 2.56. The number of rotatable bonds is 3. The van der Waals surface area contributed by atoms with Gasteiger partial charge in [-0.15, -0.1) is 0 Å². The second-order valence-electron chi connectivity index (χ2n) is 5.79. The number of nitrogens with zero attached hydrogens (tertiary/aromatic N) is 2. The second-order valence-corrected chi connectivity index (χ2v) is 6.70. The monoisotopic (exact) mass is 373 g/mol. The highest BCUT2D eigenvalue weighted by atomic mass is 79.9. The van der Waals surface area contributed by atoms with Crippen LogP contribution in [0.3, 0.4) is 0 Å². The van der Waals surface area contributed by atoms with Crippen LogP contribution in [0.2, 0.25) is 0 Å². The molecule has 5 heteroatoms. The van der Waals surface area contributed by atoms with E-state index in [2.05, 4.69) is 45.1 Å². The van der Waals surface area contributed by atoms with E-state index in [9.17, 15) is 4.79 Å². The number of carbonyl (C=O) groups is 1. The number of amides is 1. The normalized spacial score (nSPS) is 15.6. The predicted molar refractivity (Wildman–Crippen MR) is 96.2 cm³/mol. The Hall–Kier alpha value is -1.85. The Morgan fingerprint density at radius 3 is 2.39 bits per heavy atom. The Morgan fingerprint density at radius 2 is 1.74 bits per heavy atom. The van der Waals surface area contributed by atoms with Crippen LogP contribution in [-0.4, -0.2) is 41.9 Å². The van der Waals surface area contributed by atoms with E-state index in [1.807, 2.05) is 17.0 Å². The highest BCUT2D eigenvalue weighted by Crippen LogP contribution is 2.21. The van der Waals surface area contributed by atoms with Crippen molar-refractivity contribution < 1.29 is 4.79 Å². The van der Waals surface area contributed by atoms with E-state index in [0.29, 0.717) is 11.3 Å². The lowest BCUT2D eigenvalue weighted by atomic mass is 10.1. The highest BCUT2D eigenvalue weighted by Gasteiger charge is 2.23. The van der Waals surface area contributed by atoms with Crippen LogP contribution in [0.4, 0.5) is 5.69 Å². The van der Waals surface area contributed by atoms with E-state index in [-0.39, 0.29) is 5.91 Å². The number of halogens is 1. The predicted octanol–water partition coefficient (Wildman–Crippen LogP) is 2.99. The summed E-state index contributed by atoms with van der Waals surface area (Å²) >= 11 is 3.37. The number of nitrogens with two attached hydrogens (primary N) is 1. The van der Waals surface area contributed by atoms with E-state index < -0.39 is 0 Å². The van der Waals surface area contributed by atoms with Crippen molar-refractivity contribution >= 4 is 27.5 Å². The first-order valence-corrected chi connectivity index (χ1v) is 8.53. The number of hydrogen-bond acceptors (Lipinski definition) is 3. The first-order valence-electron chi connectivity index (χ1n) is 7.74. The maximum atomic E-state index is 12.6. The zero-order valence-corrected chi connectivity index (χ0v) is 14.5. The minimum Gasteiger partial charge on any atom is -0.398 e. The molecule has 3 rings (SSSR count). The molecule has 1 amide bonds. The van der Waals surface area contributed by atoms with Crippen molar-refractivity contribution in [3.63, 3.8) is 0 Å². The molecule has 0 aromatic heterocycles. The summed E-state index contributed by atoms with van der Waals surface area (Å²) in [7, 11) is 0. The third-order valence-corrected chi connectivity index (χ3v) is 4.65. The smallest absolute Gasteiger partial charge is 0.256 e. The van der Waals surface area contributed by atoms with Crippen LogP contribution in [0.25, 0.3) is 0 Å². The van der Waals surface area contributed by atoms with Crippen LogP contribution in [0, 0.1) is 0 Å². The highest BCUT2D eigenvalue weighted by molar-refractivity contribution is 9.10. The first-order chi connectivity index (χ1) is 11.1. The fourth-order valence-electron chi connectivity index (χ4n) is 2.85. The van der Waals surface area contributed by atoms with Crippen molar-refractivity contribution in [3.05, 3.63) is 64.1 Å². The molecule has 0 spiro atoms. The average molecular weight is 374 g/mol. The van der Waals surface area contributed by atoms with Crippen LogP contribution in [0.15, 0.2) is 53.0 Å². The van der Waals surface area contributed by atoms with Crippen molar-refractivity contribution in [2.24, 2.45) is 0 Å². The summed E-state index contributed by atoms with van der Waals surface area (Å²) in [6.07, 6.45) is 0. The van der Waals surface area contributed by atoms with Crippen LogP contribution in [-0.2, 0) is 6.54 Å². The van der Waals surface area contributed by atoms with Gasteiger partial charge in [-0.05, 0) is 23.8 Å². The number of hydrogen-bond donors (Lipinski definition) is 1. The molecule has 1 aliphatic rings. The lowest BCUT2D eigenvalue weighted by Gasteiger charge is -2.35. The molecule has 0 atom stereocenters. The minimum atomic E-state index is 0.0226. The maximum Gasteiger partial charge on any atom is 0.256 e. The summed E-state index contributed by atoms with van der Waals surface area (Å²) in [6, 6.07) is 15.9. The van der Waals surface area contributed by atoms with Gasteiger partial charge in [0.05, 0.1) is 5.56 Å². The summed E-state index contributed by atoms with van der Waals surface area (Å²) in [4.78, 5) is 16.9.